The molecule has 0 heterocycles. The van der Waals surface area contributed by atoms with E-state index in [2.05, 4.69) is 24.1 Å². The van der Waals surface area contributed by atoms with E-state index in [1.165, 1.54) is 31.8 Å². The van der Waals surface area contributed by atoms with Gasteiger partial charge in [0.05, 0.1) is 0 Å². The third kappa shape index (κ3) is 6.08. The van der Waals surface area contributed by atoms with Crippen LogP contribution in [-0.2, 0) is 4.79 Å². The van der Waals surface area contributed by atoms with Gasteiger partial charge in [-0.25, -0.2) is 9.59 Å². The van der Waals surface area contributed by atoms with Crippen LogP contribution in [-0.4, -0.2) is 29.7 Å². The van der Waals surface area contributed by atoms with Gasteiger partial charge in [0.1, 0.15) is 6.04 Å². The molecule has 1 rings (SSSR count). The fourth-order valence-corrected chi connectivity index (χ4v) is 2.81. The Hall–Kier alpha value is -1.52. The molecule has 3 unspecified atom stereocenters. The van der Waals surface area contributed by atoms with Crippen LogP contribution in [0.15, 0.2) is 12.7 Å². The first kappa shape index (κ1) is 16.5. The fraction of sp³-hybridized carbons (Fsp3) is 0.733. The highest BCUT2D eigenvalue weighted by Crippen LogP contribution is 2.30. The van der Waals surface area contributed by atoms with Crippen LogP contribution in [0.4, 0.5) is 4.79 Å². The minimum absolute atomic E-state index is 0.225. The Morgan fingerprint density at radius 1 is 1.45 bits per heavy atom. The van der Waals surface area contributed by atoms with Crippen molar-refractivity contribution in [2.75, 3.05) is 6.54 Å². The van der Waals surface area contributed by atoms with E-state index in [1.807, 2.05) is 0 Å². The minimum atomic E-state index is -1.04. The zero-order chi connectivity index (χ0) is 15.0. The highest BCUT2D eigenvalue weighted by Gasteiger charge is 2.20. The van der Waals surface area contributed by atoms with Crippen LogP contribution in [0.25, 0.3) is 0 Å². The molecule has 0 aromatic carbocycles. The van der Waals surface area contributed by atoms with Crippen LogP contribution < -0.4 is 10.6 Å². The molecule has 0 spiro atoms. The number of carboxylic acid groups (broad SMARTS) is 1. The lowest BCUT2D eigenvalue weighted by atomic mass is 9.81. The van der Waals surface area contributed by atoms with Crippen LogP contribution in [0.3, 0.4) is 0 Å². The van der Waals surface area contributed by atoms with E-state index in [-0.39, 0.29) is 6.42 Å². The zero-order valence-electron chi connectivity index (χ0n) is 12.2. The Kier molecular flexibility index (Phi) is 7.12. The largest absolute Gasteiger partial charge is 0.480 e. The summed E-state index contributed by atoms with van der Waals surface area (Å²) in [6, 6.07) is -1.31. The lowest BCUT2D eigenvalue weighted by molar-refractivity contribution is -0.139. The van der Waals surface area contributed by atoms with Gasteiger partial charge >= 0.3 is 12.0 Å². The molecule has 0 radical (unpaired) electrons. The van der Waals surface area contributed by atoms with Crippen LogP contribution in [0.1, 0.15) is 45.4 Å². The van der Waals surface area contributed by atoms with E-state index in [0.717, 1.165) is 12.3 Å². The van der Waals surface area contributed by atoms with Crippen LogP contribution >= 0.6 is 0 Å². The summed E-state index contributed by atoms with van der Waals surface area (Å²) >= 11 is 0. The summed E-state index contributed by atoms with van der Waals surface area (Å²) in [6.45, 7) is 6.36. The third-order valence-electron chi connectivity index (χ3n) is 3.89. The summed E-state index contributed by atoms with van der Waals surface area (Å²) in [7, 11) is 0. The average molecular weight is 282 g/mol. The molecule has 1 fully saturated rings. The number of carbonyl (C=O) groups is 2. The number of aliphatic carboxylic acids is 1. The third-order valence-corrected chi connectivity index (χ3v) is 3.89. The fourth-order valence-electron chi connectivity index (χ4n) is 2.81. The van der Waals surface area contributed by atoms with Gasteiger partial charge in [0.15, 0.2) is 0 Å². The molecular weight excluding hydrogens is 256 g/mol. The van der Waals surface area contributed by atoms with Crippen molar-refractivity contribution in [2.24, 2.45) is 11.8 Å². The average Bonchev–Trinajstić information content (AvgIpc) is 2.38. The van der Waals surface area contributed by atoms with Crippen molar-refractivity contribution >= 4 is 12.0 Å². The molecule has 0 aromatic rings. The first-order valence-electron chi connectivity index (χ1n) is 7.41. The van der Waals surface area contributed by atoms with Crippen molar-refractivity contribution in [1.29, 1.82) is 0 Å². The number of amides is 2. The molecule has 3 N–H and O–H groups in total. The first-order valence-corrected chi connectivity index (χ1v) is 7.41. The molecule has 0 bridgehead atoms. The first-order chi connectivity index (χ1) is 9.52. The Bertz CT molecular complexity index is 344. The van der Waals surface area contributed by atoms with E-state index in [0.29, 0.717) is 12.5 Å². The lowest BCUT2D eigenvalue weighted by Gasteiger charge is -2.26. The van der Waals surface area contributed by atoms with Crippen molar-refractivity contribution in [1.82, 2.24) is 10.6 Å². The van der Waals surface area contributed by atoms with E-state index in [1.54, 1.807) is 0 Å². The molecule has 0 aliphatic heterocycles. The topological polar surface area (TPSA) is 78.4 Å². The van der Waals surface area contributed by atoms with Gasteiger partial charge in [-0.05, 0) is 31.1 Å². The predicted octanol–water partition coefficient (Wildman–Crippen LogP) is 2.53. The van der Waals surface area contributed by atoms with Crippen molar-refractivity contribution in [2.45, 2.75) is 51.5 Å². The summed E-state index contributed by atoms with van der Waals surface area (Å²) in [4.78, 5) is 22.5. The van der Waals surface area contributed by atoms with Gasteiger partial charge in [-0.15, -0.1) is 6.58 Å². The maximum atomic E-state index is 11.6. The quantitative estimate of drug-likeness (QED) is 0.628. The van der Waals surface area contributed by atoms with Crippen molar-refractivity contribution < 1.29 is 14.7 Å². The monoisotopic (exact) mass is 282 g/mol. The van der Waals surface area contributed by atoms with Gasteiger partial charge in [-0.3, -0.25) is 0 Å². The molecular formula is C15H26N2O3. The summed E-state index contributed by atoms with van der Waals surface area (Å²) in [5.41, 5.74) is 0. The minimum Gasteiger partial charge on any atom is -0.480 e. The SMILES string of the molecule is C=CCC(NC(=O)NCCC1CCCC(C)C1)C(=O)O. The van der Waals surface area contributed by atoms with Gasteiger partial charge in [-0.2, -0.15) is 0 Å². The number of hydrogen-bond acceptors (Lipinski definition) is 2. The molecule has 114 valence electrons. The number of hydrogen-bond donors (Lipinski definition) is 3. The van der Waals surface area contributed by atoms with Gasteiger partial charge in [-0.1, -0.05) is 32.3 Å². The smallest absolute Gasteiger partial charge is 0.326 e. The number of carboxylic acids is 1. The lowest BCUT2D eigenvalue weighted by Crippen LogP contribution is -2.46. The molecule has 5 heteroatoms. The van der Waals surface area contributed by atoms with Crippen LogP contribution in [0, 0.1) is 11.8 Å². The summed E-state index contributed by atoms with van der Waals surface area (Å²) < 4.78 is 0. The number of nitrogens with one attached hydrogen (secondary N) is 2. The highest BCUT2D eigenvalue weighted by molar-refractivity contribution is 5.82. The summed E-state index contributed by atoms with van der Waals surface area (Å²) in [6.07, 6.45) is 7.74. The molecule has 5 nitrogen and oxygen atoms in total. The van der Waals surface area contributed by atoms with Crippen molar-refractivity contribution in [3.8, 4) is 0 Å². The van der Waals surface area contributed by atoms with E-state index in [9.17, 15) is 9.59 Å². The van der Waals surface area contributed by atoms with Crippen LogP contribution in [0.2, 0.25) is 0 Å². The summed E-state index contributed by atoms with van der Waals surface area (Å²) in [5, 5.41) is 14.1. The highest BCUT2D eigenvalue weighted by atomic mass is 16.4. The van der Waals surface area contributed by atoms with Crippen molar-refractivity contribution in [3.63, 3.8) is 0 Å². The summed E-state index contributed by atoms with van der Waals surface area (Å²) in [5.74, 6) is 0.426. The molecule has 1 aliphatic carbocycles. The predicted molar refractivity (Wildman–Crippen MR) is 78.5 cm³/mol. The normalized spacial score (nSPS) is 23.6. The Labute approximate surface area is 120 Å². The molecule has 0 saturated heterocycles. The second-order valence-corrected chi connectivity index (χ2v) is 5.74. The molecule has 1 saturated carbocycles. The molecule has 0 aromatic heterocycles. The van der Waals surface area contributed by atoms with E-state index < -0.39 is 18.0 Å². The number of urea groups is 1. The number of carbonyl (C=O) groups excluding carboxylic acids is 1. The van der Waals surface area contributed by atoms with E-state index in [4.69, 9.17) is 5.11 Å². The second kappa shape index (κ2) is 8.61. The van der Waals surface area contributed by atoms with E-state index >= 15 is 0 Å². The molecule has 1 aliphatic rings. The molecule has 3 atom stereocenters. The van der Waals surface area contributed by atoms with Gasteiger partial charge in [0.2, 0.25) is 0 Å². The maximum absolute atomic E-state index is 11.6. The Morgan fingerprint density at radius 2 is 2.20 bits per heavy atom. The second-order valence-electron chi connectivity index (χ2n) is 5.74. The number of rotatable bonds is 7. The molecule has 20 heavy (non-hydrogen) atoms. The van der Waals surface area contributed by atoms with Gasteiger partial charge in [0.25, 0.3) is 0 Å². The Morgan fingerprint density at radius 3 is 2.80 bits per heavy atom. The Balaban J connectivity index is 2.21. The maximum Gasteiger partial charge on any atom is 0.326 e. The zero-order valence-corrected chi connectivity index (χ0v) is 12.2. The molecule has 2 amide bonds. The van der Waals surface area contributed by atoms with Crippen LogP contribution in [0.5, 0.6) is 0 Å². The standard InChI is InChI=1S/C15H26N2O3/c1-3-5-13(14(18)19)17-15(20)16-9-8-12-7-4-6-11(2)10-12/h3,11-13H,1,4-10H2,2H3,(H,18,19)(H2,16,17,20). The van der Waals surface area contributed by atoms with Gasteiger partial charge < -0.3 is 15.7 Å². The van der Waals surface area contributed by atoms with Crippen molar-refractivity contribution in [3.05, 3.63) is 12.7 Å². The van der Waals surface area contributed by atoms with Gasteiger partial charge in [0, 0.05) is 6.54 Å².